The molecule has 5 heteroatoms. The van der Waals surface area contributed by atoms with Gasteiger partial charge in [0, 0.05) is 24.5 Å². The Morgan fingerprint density at radius 1 is 1.50 bits per heavy atom. The number of nitrogens with zero attached hydrogens (tertiary/aromatic N) is 1. The van der Waals surface area contributed by atoms with E-state index in [1.54, 1.807) is 18.5 Å². The third kappa shape index (κ3) is 3.44. The summed E-state index contributed by atoms with van der Waals surface area (Å²) in [6, 6.07) is 3.66. The third-order valence-corrected chi connectivity index (χ3v) is 3.66. The van der Waals surface area contributed by atoms with Crippen LogP contribution in [0.4, 0.5) is 0 Å². The molecule has 102 valence electrons. The summed E-state index contributed by atoms with van der Waals surface area (Å²) in [6.07, 6.45) is 3.47. The van der Waals surface area contributed by atoms with Crippen LogP contribution >= 0.6 is 11.3 Å². The van der Waals surface area contributed by atoms with Crippen LogP contribution in [0.2, 0.25) is 0 Å². The number of carbonyl (C=O) groups excluding carboxylic acids is 1. The summed E-state index contributed by atoms with van der Waals surface area (Å²) < 4.78 is 0. The molecular weight excluding hydrogens is 272 g/mol. The molecule has 2 aromatic rings. The molecule has 2 heterocycles. The SMILES string of the molecule is Cc1cnccc1CNC(=O)c1sccc1C#CCO. The Morgan fingerprint density at radius 2 is 2.35 bits per heavy atom. The summed E-state index contributed by atoms with van der Waals surface area (Å²) in [7, 11) is 0. The molecule has 0 aliphatic heterocycles. The fraction of sp³-hybridized carbons (Fsp3) is 0.200. The molecule has 20 heavy (non-hydrogen) atoms. The number of thiophene rings is 1. The molecule has 0 aliphatic carbocycles. The smallest absolute Gasteiger partial charge is 0.262 e. The zero-order valence-electron chi connectivity index (χ0n) is 11.0. The van der Waals surface area contributed by atoms with E-state index >= 15 is 0 Å². The minimum absolute atomic E-state index is 0.154. The summed E-state index contributed by atoms with van der Waals surface area (Å²) in [4.78, 5) is 16.7. The van der Waals surface area contributed by atoms with Crippen molar-refractivity contribution in [1.29, 1.82) is 0 Å². The first-order chi connectivity index (χ1) is 9.72. The Bertz CT molecular complexity index is 668. The normalized spacial score (nSPS) is 9.70. The van der Waals surface area contributed by atoms with Gasteiger partial charge in [0.1, 0.15) is 11.5 Å². The van der Waals surface area contributed by atoms with E-state index in [2.05, 4.69) is 22.1 Å². The van der Waals surface area contributed by atoms with Crippen molar-refractivity contribution in [2.24, 2.45) is 0 Å². The van der Waals surface area contributed by atoms with E-state index in [0.717, 1.165) is 11.1 Å². The molecule has 0 spiro atoms. The molecule has 0 saturated heterocycles. The average molecular weight is 286 g/mol. The number of aromatic nitrogens is 1. The Hall–Kier alpha value is -2.16. The Labute approximate surface area is 121 Å². The number of amides is 1. The highest BCUT2D eigenvalue weighted by molar-refractivity contribution is 7.12. The molecule has 0 atom stereocenters. The second-order valence-electron chi connectivity index (χ2n) is 4.11. The van der Waals surface area contributed by atoms with Crippen LogP contribution in [0.15, 0.2) is 29.9 Å². The number of carbonyl (C=O) groups is 1. The number of aliphatic hydroxyl groups is 1. The fourth-order valence-electron chi connectivity index (χ4n) is 1.67. The number of pyridine rings is 1. The molecule has 0 saturated carbocycles. The fourth-order valence-corrected chi connectivity index (χ4v) is 2.44. The van der Waals surface area contributed by atoms with Crippen LogP contribution in [0.5, 0.6) is 0 Å². The maximum Gasteiger partial charge on any atom is 0.262 e. The first-order valence-electron chi connectivity index (χ1n) is 6.07. The zero-order valence-corrected chi connectivity index (χ0v) is 11.8. The first kappa shape index (κ1) is 14.3. The standard InChI is InChI=1S/C15H14N2O2S/c1-11-9-16-6-4-13(11)10-17-15(19)14-12(3-2-7-18)5-8-20-14/h4-6,8-9,18H,7,10H2,1H3,(H,17,19). The van der Waals surface area contributed by atoms with Gasteiger partial charge in [0.2, 0.25) is 0 Å². The highest BCUT2D eigenvalue weighted by Gasteiger charge is 2.11. The van der Waals surface area contributed by atoms with Gasteiger partial charge in [0.05, 0.1) is 0 Å². The summed E-state index contributed by atoms with van der Waals surface area (Å²) in [5, 5.41) is 13.4. The second-order valence-corrected chi connectivity index (χ2v) is 5.02. The molecule has 1 amide bonds. The van der Waals surface area contributed by atoms with Crippen molar-refractivity contribution in [3.8, 4) is 11.8 Å². The van der Waals surface area contributed by atoms with E-state index in [4.69, 9.17) is 5.11 Å². The zero-order chi connectivity index (χ0) is 14.4. The van der Waals surface area contributed by atoms with Crippen molar-refractivity contribution in [2.75, 3.05) is 6.61 Å². The molecule has 0 aromatic carbocycles. The molecule has 2 aromatic heterocycles. The largest absolute Gasteiger partial charge is 0.384 e. The highest BCUT2D eigenvalue weighted by Crippen LogP contribution is 2.16. The molecule has 0 unspecified atom stereocenters. The van der Waals surface area contributed by atoms with Crippen LogP contribution in [-0.4, -0.2) is 22.6 Å². The van der Waals surface area contributed by atoms with Crippen molar-refractivity contribution >= 4 is 17.2 Å². The minimum atomic E-state index is -0.215. The Kier molecular flexibility index (Phi) is 4.88. The molecule has 2 N–H and O–H groups in total. The van der Waals surface area contributed by atoms with Crippen molar-refractivity contribution in [1.82, 2.24) is 10.3 Å². The summed E-state index contributed by atoms with van der Waals surface area (Å²) in [6.45, 7) is 2.20. The summed E-state index contributed by atoms with van der Waals surface area (Å²) in [5.41, 5.74) is 2.72. The van der Waals surface area contributed by atoms with Crippen molar-refractivity contribution in [3.63, 3.8) is 0 Å². The number of aryl methyl sites for hydroxylation is 1. The maximum atomic E-state index is 12.1. The van der Waals surface area contributed by atoms with Gasteiger partial charge >= 0.3 is 0 Å². The number of nitrogens with one attached hydrogen (secondary N) is 1. The maximum absolute atomic E-state index is 12.1. The molecule has 0 aliphatic rings. The number of rotatable bonds is 3. The van der Waals surface area contributed by atoms with Crippen LogP contribution in [-0.2, 0) is 6.54 Å². The van der Waals surface area contributed by atoms with Gasteiger partial charge in [-0.15, -0.1) is 11.3 Å². The quantitative estimate of drug-likeness (QED) is 0.845. The lowest BCUT2D eigenvalue weighted by molar-refractivity contribution is 0.0954. The summed E-state index contributed by atoms with van der Waals surface area (Å²) in [5.74, 6) is 5.17. The van der Waals surface area contributed by atoms with Gasteiger partial charge in [-0.05, 0) is 35.6 Å². The van der Waals surface area contributed by atoms with Crippen molar-refractivity contribution < 1.29 is 9.90 Å². The van der Waals surface area contributed by atoms with Crippen LogP contribution < -0.4 is 5.32 Å². The highest BCUT2D eigenvalue weighted by atomic mass is 32.1. The monoisotopic (exact) mass is 286 g/mol. The Balaban J connectivity index is 2.06. The van der Waals surface area contributed by atoms with Gasteiger partial charge in [0.15, 0.2) is 0 Å². The van der Waals surface area contributed by atoms with Crippen LogP contribution in [0.1, 0.15) is 26.4 Å². The van der Waals surface area contributed by atoms with E-state index in [1.165, 1.54) is 11.3 Å². The predicted molar refractivity (Wildman–Crippen MR) is 78.4 cm³/mol. The molecule has 0 fully saturated rings. The van der Waals surface area contributed by atoms with Gasteiger partial charge in [-0.2, -0.15) is 0 Å². The van der Waals surface area contributed by atoms with Gasteiger partial charge < -0.3 is 10.4 Å². The average Bonchev–Trinajstić information content (AvgIpc) is 2.92. The minimum Gasteiger partial charge on any atom is -0.384 e. The van der Waals surface area contributed by atoms with Gasteiger partial charge in [-0.25, -0.2) is 0 Å². The van der Waals surface area contributed by atoms with Gasteiger partial charge in [0.25, 0.3) is 5.91 Å². The van der Waals surface area contributed by atoms with Gasteiger partial charge in [-0.3, -0.25) is 9.78 Å². The van der Waals surface area contributed by atoms with E-state index < -0.39 is 0 Å². The molecule has 0 radical (unpaired) electrons. The van der Waals surface area contributed by atoms with E-state index in [9.17, 15) is 4.79 Å². The number of hydrogen-bond acceptors (Lipinski definition) is 4. The lowest BCUT2D eigenvalue weighted by Gasteiger charge is -2.06. The van der Waals surface area contributed by atoms with Crippen LogP contribution in [0.3, 0.4) is 0 Å². The lowest BCUT2D eigenvalue weighted by atomic mass is 10.1. The van der Waals surface area contributed by atoms with Crippen LogP contribution in [0.25, 0.3) is 0 Å². The molecule has 2 rings (SSSR count). The lowest BCUT2D eigenvalue weighted by Crippen LogP contribution is -2.23. The predicted octanol–water partition coefficient (Wildman–Crippen LogP) is 1.73. The van der Waals surface area contributed by atoms with E-state index in [0.29, 0.717) is 17.0 Å². The summed E-state index contributed by atoms with van der Waals surface area (Å²) >= 11 is 1.34. The molecular formula is C15H14N2O2S. The van der Waals surface area contributed by atoms with Crippen molar-refractivity contribution in [2.45, 2.75) is 13.5 Å². The Morgan fingerprint density at radius 3 is 3.10 bits per heavy atom. The topological polar surface area (TPSA) is 62.2 Å². The van der Waals surface area contributed by atoms with Crippen LogP contribution in [0, 0.1) is 18.8 Å². The van der Waals surface area contributed by atoms with E-state index in [-0.39, 0.29) is 12.5 Å². The van der Waals surface area contributed by atoms with Gasteiger partial charge in [-0.1, -0.05) is 11.8 Å². The number of aliphatic hydroxyl groups excluding tert-OH is 1. The molecule has 0 bridgehead atoms. The number of hydrogen-bond donors (Lipinski definition) is 2. The second kappa shape index (κ2) is 6.85. The van der Waals surface area contributed by atoms with Crippen molar-refractivity contribution in [3.05, 3.63) is 51.5 Å². The van der Waals surface area contributed by atoms with E-state index in [1.807, 2.05) is 18.4 Å². The first-order valence-corrected chi connectivity index (χ1v) is 6.95. The third-order valence-electron chi connectivity index (χ3n) is 2.75. The molecule has 4 nitrogen and oxygen atoms in total.